The highest BCUT2D eigenvalue weighted by Crippen LogP contribution is 2.31. The van der Waals surface area contributed by atoms with Crippen molar-refractivity contribution >= 4 is 23.2 Å². The molecule has 0 amide bonds. The number of hydrogen-bond acceptors (Lipinski definition) is 1. The first-order valence-corrected chi connectivity index (χ1v) is 5.27. The van der Waals surface area contributed by atoms with E-state index in [2.05, 4.69) is 18.2 Å². The molecule has 0 fully saturated rings. The molecule has 1 aromatic carbocycles. The molecule has 1 atom stereocenters. The molecule has 0 aliphatic rings. The van der Waals surface area contributed by atoms with Crippen LogP contribution in [-0.2, 0) is 5.60 Å². The van der Waals surface area contributed by atoms with Crippen molar-refractivity contribution in [3.8, 4) is 12.3 Å². The lowest BCUT2D eigenvalue weighted by molar-refractivity contribution is 0.0956. The molecule has 1 unspecified atom stereocenters. The van der Waals surface area contributed by atoms with E-state index in [0.29, 0.717) is 15.6 Å². The number of rotatable bonds is 3. The average Bonchev–Trinajstić information content (AvgIpc) is 2.22. The van der Waals surface area contributed by atoms with E-state index in [0.717, 1.165) is 0 Å². The SMILES string of the molecule is C#CCC(O)(C=C=C)c1ccc(Cl)c(Cl)c1. The van der Waals surface area contributed by atoms with Crippen molar-refractivity contribution in [3.63, 3.8) is 0 Å². The summed E-state index contributed by atoms with van der Waals surface area (Å²) in [6.45, 7) is 3.43. The van der Waals surface area contributed by atoms with E-state index >= 15 is 0 Å². The van der Waals surface area contributed by atoms with Gasteiger partial charge in [0, 0.05) is 6.42 Å². The van der Waals surface area contributed by atoms with Crippen molar-refractivity contribution in [1.82, 2.24) is 0 Å². The van der Waals surface area contributed by atoms with Crippen LogP contribution < -0.4 is 0 Å². The number of benzene rings is 1. The van der Waals surface area contributed by atoms with Crippen LogP contribution in [-0.4, -0.2) is 5.11 Å². The van der Waals surface area contributed by atoms with Crippen molar-refractivity contribution in [2.45, 2.75) is 12.0 Å². The van der Waals surface area contributed by atoms with Crippen LogP contribution in [0.15, 0.2) is 36.6 Å². The maximum atomic E-state index is 10.3. The van der Waals surface area contributed by atoms with Gasteiger partial charge in [-0.2, -0.15) is 0 Å². The molecule has 0 radical (unpaired) electrons. The Balaban J connectivity index is 3.27. The zero-order chi connectivity index (χ0) is 12.2. The number of aliphatic hydroxyl groups is 1. The molecule has 0 saturated carbocycles. The van der Waals surface area contributed by atoms with Crippen LogP contribution in [0.25, 0.3) is 0 Å². The van der Waals surface area contributed by atoms with Gasteiger partial charge in [0.05, 0.1) is 10.0 Å². The second-order valence-corrected chi connectivity index (χ2v) is 4.10. The van der Waals surface area contributed by atoms with Crippen LogP contribution in [0.2, 0.25) is 10.0 Å². The molecule has 1 N–H and O–H groups in total. The maximum absolute atomic E-state index is 10.3. The molecule has 0 heterocycles. The summed E-state index contributed by atoms with van der Waals surface area (Å²) in [6.07, 6.45) is 6.74. The minimum absolute atomic E-state index is 0.119. The Morgan fingerprint density at radius 2 is 2.12 bits per heavy atom. The summed E-state index contributed by atoms with van der Waals surface area (Å²) in [5.41, 5.74) is 1.79. The zero-order valence-electron chi connectivity index (χ0n) is 8.50. The van der Waals surface area contributed by atoms with Crippen LogP contribution in [0.3, 0.4) is 0 Å². The highest BCUT2D eigenvalue weighted by Gasteiger charge is 2.25. The second-order valence-electron chi connectivity index (χ2n) is 3.28. The van der Waals surface area contributed by atoms with Gasteiger partial charge in [0.15, 0.2) is 0 Å². The average molecular weight is 253 g/mol. The molecular formula is C13H10Cl2O. The molecule has 1 nitrogen and oxygen atoms in total. The van der Waals surface area contributed by atoms with E-state index in [1.54, 1.807) is 18.2 Å². The highest BCUT2D eigenvalue weighted by molar-refractivity contribution is 6.42. The van der Waals surface area contributed by atoms with Gasteiger partial charge < -0.3 is 5.11 Å². The summed E-state index contributed by atoms with van der Waals surface area (Å²) in [5, 5.41) is 11.1. The third-order valence-corrected chi connectivity index (χ3v) is 2.87. The quantitative estimate of drug-likeness (QED) is 0.645. The van der Waals surface area contributed by atoms with Crippen LogP contribution in [0, 0.1) is 12.3 Å². The van der Waals surface area contributed by atoms with E-state index in [-0.39, 0.29) is 6.42 Å². The molecule has 0 spiro atoms. The summed E-state index contributed by atoms with van der Waals surface area (Å²) >= 11 is 11.7. The van der Waals surface area contributed by atoms with E-state index in [9.17, 15) is 5.11 Å². The largest absolute Gasteiger partial charge is 0.379 e. The minimum atomic E-state index is -1.30. The van der Waals surface area contributed by atoms with Crippen molar-refractivity contribution in [1.29, 1.82) is 0 Å². The molecule has 1 rings (SSSR count). The van der Waals surface area contributed by atoms with E-state index < -0.39 is 5.60 Å². The van der Waals surface area contributed by atoms with E-state index in [4.69, 9.17) is 29.6 Å². The Bertz CT molecular complexity index is 481. The predicted octanol–water partition coefficient (Wildman–Crippen LogP) is 3.55. The third-order valence-electron chi connectivity index (χ3n) is 2.13. The lowest BCUT2D eigenvalue weighted by atomic mass is 9.91. The lowest BCUT2D eigenvalue weighted by Gasteiger charge is -2.22. The first-order chi connectivity index (χ1) is 7.53. The van der Waals surface area contributed by atoms with Crippen LogP contribution in [0.1, 0.15) is 12.0 Å². The molecule has 16 heavy (non-hydrogen) atoms. The molecule has 0 aliphatic carbocycles. The summed E-state index contributed by atoms with van der Waals surface area (Å²) in [5.74, 6) is 2.40. The van der Waals surface area contributed by atoms with E-state index in [1.165, 1.54) is 6.08 Å². The fourth-order valence-electron chi connectivity index (χ4n) is 1.33. The Morgan fingerprint density at radius 3 is 2.62 bits per heavy atom. The van der Waals surface area contributed by atoms with Gasteiger partial charge in [0.1, 0.15) is 5.60 Å². The molecule has 3 heteroatoms. The first kappa shape index (κ1) is 12.9. The standard InChI is InChI=1S/C13H10Cl2O/c1-3-7-13(16,8-4-2)10-5-6-11(14)12(15)9-10/h1,5-6,8-9,16H,2,7H2. The minimum Gasteiger partial charge on any atom is -0.379 e. The monoisotopic (exact) mass is 252 g/mol. The molecular weight excluding hydrogens is 243 g/mol. The smallest absolute Gasteiger partial charge is 0.126 e. The number of terminal acetylenes is 1. The molecule has 0 saturated heterocycles. The zero-order valence-corrected chi connectivity index (χ0v) is 10.0. The van der Waals surface area contributed by atoms with Gasteiger partial charge in [-0.05, 0) is 23.8 Å². The Kier molecular flexibility index (Phi) is 4.24. The highest BCUT2D eigenvalue weighted by atomic mass is 35.5. The molecule has 82 valence electrons. The maximum Gasteiger partial charge on any atom is 0.126 e. The van der Waals surface area contributed by atoms with Gasteiger partial charge in [0.25, 0.3) is 0 Å². The summed E-state index contributed by atoms with van der Waals surface area (Å²) in [4.78, 5) is 0. The Hall–Kier alpha value is -1.16. The van der Waals surface area contributed by atoms with Gasteiger partial charge in [-0.3, -0.25) is 0 Å². The first-order valence-electron chi connectivity index (χ1n) is 4.52. The molecule has 0 bridgehead atoms. The summed E-state index contributed by atoms with van der Waals surface area (Å²) in [7, 11) is 0. The lowest BCUT2D eigenvalue weighted by Crippen LogP contribution is -2.21. The molecule has 0 aromatic heterocycles. The van der Waals surface area contributed by atoms with Gasteiger partial charge in [-0.15, -0.1) is 18.1 Å². The van der Waals surface area contributed by atoms with Gasteiger partial charge in [-0.25, -0.2) is 0 Å². The second kappa shape index (κ2) is 5.25. The fraction of sp³-hybridized carbons (Fsp3) is 0.154. The predicted molar refractivity (Wildman–Crippen MR) is 67.5 cm³/mol. The van der Waals surface area contributed by atoms with Gasteiger partial charge >= 0.3 is 0 Å². The Morgan fingerprint density at radius 1 is 1.44 bits per heavy atom. The van der Waals surface area contributed by atoms with E-state index in [1.807, 2.05) is 0 Å². The third kappa shape index (κ3) is 2.70. The van der Waals surface area contributed by atoms with Crippen molar-refractivity contribution in [2.75, 3.05) is 0 Å². The van der Waals surface area contributed by atoms with Crippen molar-refractivity contribution in [3.05, 3.63) is 52.2 Å². The summed E-state index contributed by atoms with van der Waals surface area (Å²) in [6, 6.07) is 4.85. The van der Waals surface area contributed by atoms with Crippen molar-refractivity contribution in [2.24, 2.45) is 0 Å². The molecule has 0 aliphatic heterocycles. The number of halogens is 2. The van der Waals surface area contributed by atoms with Crippen LogP contribution >= 0.6 is 23.2 Å². The topological polar surface area (TPSA) is 20.2 Å². The van der Waals surface area contributed by atoms with Crippen LogP contribution in [0.4, 0.5) is 0 Å². The number of hydrogen-bond donors (Lipinski definition) is 1. The van der Waals surface area contributed by atoms with Crippen molar-refractivity contribution < 1.29 is 5.11 Å². The Labute approximate surface area is 105 Å². The van der Waals surface area contributed by atoms with Gasteiger partial charge in [-0.1, -0.05) is 35.8 Å². The van der Waals surface area contributed by atoms with Gasteiger partial charge in [0.2, 0.25) is 0 Å². The normalized spacial score (nSPS) is 13.4. The molecule has 1 aromatic rings. The fourth-order valence-corrected chi connectivity index (χ4v) is 1.62. The van der Waals surface area contributed by atoms with Crippen LogP contribution in [0.5, 0.6) is 0 Å². The summed E-state index contributed by atoms with van der Waals surface area (Å²) < 4.78 is 0.